The van der Waals surface area contributed by atoms with E-state index in [9.17, 15) is 0 Å². The molecule has 37 heavy (non-hydrogen) atoms. The van der Waals surface area contributed by atoms with Crippen LogP contribution in [0, 0.1) is 6.92 Å². The average Bonchev–Trinajstić information content (AvgIpc) is 3.64. The lowest BCUT2D eigenvalue weighted by atomic mass is 10.1. The van der Waals surface area contributed by atoms with Crippen LogP contribution in [0.2, 0.25) is 5.02 Å². The van der Waals surface area contributed by atoms with Gasteiger partial charge in [0.15, 0.2) is 5.82 Å². The zero-order chi connectivity index (χ0) is 25.2. The highest BCUT2D eigenvalue weighted by Gasteiger charge is 2.21. The molecule has 0 spiro atoms. The number of H-pyrrole nitrogens is 1. The van der Waals surface area contributed by atoms with Crippen LogP contribution in [0.15, 0.2) is 79.3 Å². The van der Waals surface area contributed by atoms with Gasteiger partial charge < -0.3 is 5.32 Å². The number of hydrogen-bond donors (Lipinski definition) is 2. The second-order valence-corrected chi connectivity index (χ2v) is 10.3. The van der Waals surface area contributed by atoms with Gasteiger partial charge in [-0.25, -0.2) is 14.5 Å². The van der Waals surface area contributed by atoms with Gasteiger partial charge >= 0.3 is 0 Å². The number of aryl methyl sites for hydroxylation is 1. The number of benzene rings is 2. The number of nitrogens with zero attached hydrogens (tertiary/aromatic N) is 5. The quantitative estimate of drug-likeness (QED) is 0.251. The first-order valence-corrected chi connectivity index (χ1v) is 13.2. The molecule has 4 heterocycles. The first-order valence-electron chi connectivity index (χ1n) is 12.0. The normalized spacial score (nSPS) is 11.4. The molecule has 184 valence electrons. The van der Waals surface area contributed by atoms with Gasteiger partial charge in [-0.05, 0) is 47.9 Å². The molecule has 0 aliphatic carbocycles. The minimum atomic E-state index is 0.663. The zero-order valence-corrected chi connectivity index (χ0v) is 21.7. The fourth-order valence-electron chi connectivity index (χ4n) is 4.40. The van der Waals surface area contributed by atoms with Crippen molar-refractivity contribution in [2.75, 3.05) is 0 Å². The van der Waals surface area contributed by atoms with Gasteiger partial charge in [0.05, 0.1) is 27.3 Å². The van der Waals surface area contributed by atoms with E-state index in [4.69, 9.17) is 21.7 Å². The maximum atomic E-state index is 6.10. The van der Waals surface area contributed by atoms with Crippen molar-refractivity contribution in [3.63, 3.8) is 0 Å². The van der Waals surface area contributed by atoms with Crippen molar-refractivity contribution in [1.82, 2.24) is 35.1 Å². The van der Waals surface area contributed by atoms with Crippen LogP contribution in [0.4, 0.5) is 0 Å². The molecule has 0 aliphatic rings. The predicted octanol–water partition coefficient (Wildman–Crippen LogP) is 6.09. The summed E-state index contributed by atoms with van der Waals surface area (Å²) < 4.78 is 1.93. The molecule has 2 N–H and O–H groups in total. The standard InChI is InChI=1S/C28H24ClN7S/c1-18-25(24-14-21(11-12-36(24)35-18)16-30-15-20-5-3-2-4-6-20)28-33-23(13-19-7-9-22(29)10-8-19)26(37-28)27-31-17-32-34-27/h2-12,14,17,30H,13,15-16H2,1H3,(H,31,32,34). The number of fused-ring (bicyclic) bond motifs is 1. The minimum Gasteiger partial charge on any atom is -0.309 e. The Kier molecular flexibility index (Phi) is 6.53. The summed E-state index contributed by atoms with van der Waals surface area (Å²) >= 11 is 7.70. The summed E-state index contributed by atoms with van der Waals surface area (Å²) in [6.07, 6.45) is 4.21. The number of pyridine rings is 1. The van der Waals surface area contributed by atoms with Gasteiger partial charge in [0, 0.05) is 30.7 Å². The van der Waals surface area contributed by atoms with E-state index >= 15 is 0 Å². The van der Waals surface area contributed by atoms with Crippen molar-refractivity contribution >= 4 is 28.5 Å². The van der Waals surface area contributed by atoms with Gasteiger partial charge in [0.25, 0.3) is 0 Å². The molecule has 4 aromatic heterocycles. The molecule has 2 aromatic carbocycles. The Morgan fingerprint density at radius 1 is 0.973 bits per heavy atom. The van der Waals surface area contributed by atoms with Crippen molar-refractivity contribution in [3.05, 3.63) is 112 Å². The minimum absolute atomic E-state index is 0.663. The Hall–Kier alpha value is -3.85. The molecule has 0 radical (unpaired) electrons. The largest absolute Gasteiger partial charge is 0.309 e. The average molecular weight is 526 g/mol. The summed E-state index contributed by atoms with van der Waals surface area (Å²) in [5.41, 5.74) is 7.54. The maximum absolute atomic E-state index is 6.10. The molecular formula is C28H24ClN7S. The molecule has 0 amide bonds. The van der Waals surface area contributed by atoms with E-state index in [1.54, 1.807) is 11.3 Å². The zero-order valence-electron chi connectivity index (χ0n) is 20.1. The molecule has 0 fully saturated rings. The number of thiazole rings is 1. The van der Waals surface area contributed by atoms with Gasteiger partial charge in [0.1, 0.15) is 11.3 Å². The Morgan fingerprint density at radius 2 is 1.78 bits per heavy atom. The SMILES string of the molecule is Cc1nn2ccc(CNCc3ccccc3)cc2c1-c1nc(Cc2ccc(Cl)cc2)c(-c2ncn[nH]2)s1. The van der Waals surface area contributed by atoms with Crippen LogP contribution < -0.4 is 5.32 Å². The second-order valence-electron chi connectivity index (χ2n) is 8.85. The van der Waals surface area contributed by atoms with Gasteiger partial charge in [-0.15, -0.1) is 11.3 Å². The van der Waals surface area contributed by atoms with Crippen LogP contribution in [0.25, 0.3) is 26.8 Å². The number of aromatic nitrogens is 6. The lowest BCUT2D eigenvalue weighted by Gasteiger charge is -2.06. The van der Waals surface area contributed by atoms with Crippen molar-refractivity contribution in [2.45, 2.75) is 26.4 Å². The second kappa shape index (κ2) is 10.3. The lowest BCUT2D eigenvalue weighted by Crippen LogP contribution is -2.12. The van der Waals surface area contributed by atoms with Crippen LogP contribution in [-0.4, -0.2) is 29.8 Å². The number of halogens is 1. The number of hydrogen-bond acceptors (Lipinski definition) is 6. The molecular weight excluding hydrogens is 502 g/mol. The summed E-state index contributed by atoms with van der Waals surface area (Å²) in [6.45, 7) is 3.61. The molecule has 9 heteroatoms. The molecule has 0 bridgehead atoms. The van der Waals surface area contributed by atoms with Gasteiger partial charge in [0.2, 0.25) is 0 Å². The van der Waals surface area contributed by atoms with Crippen LogP contribution in [0.1, 0.15) is 28.1 Å². The fourth-order valence-corrected chi connectivity index (χ4v) is 5.66. The van der Waals surface area contributed by atoms with Crippen molar-refractivity contribution in [2.24, 2.45) is 0 Å². The molecule has 6 rings (SSSR count). The van der Waals surface area contributed by atoms with Crippen LogP contribution in [0.3, 0.4) is 0 Å². The molecule has 0 saturated heterocycles. The van der Waals surface area contributed by atoms with E-state index in [-0.39, 0.29) is 0 Å². The first kappa shape index (κ1) is 23.5. The van der Waals surface area contributed by atoms with Crippen molar-refractivity contribution in [1.29, 1.82) is 0 Å². The fraction of sp³-hybridized carbons (Fsp3) is 0.143. The monoisotopic (exact) mass is 525 g/mol. The Morgan fingerprint density at radius 3 is 2.57 bits per heavy atom. The summed E-state index contributed by atoms with van der Waals surface area (Å²) in [5.74, 6) is 0.715. The van der Waals surface area contributed by atoms with E-state index in [2.05, 4.69) is 56.9 Å². The van der Waals surface area contributed by atoms with E-state index in [0.29, 0.717) is 17.3 Å². The lowest BCUT2D eigenvalue weighted by molar-refractivity contribution is 0.692. The maximum Gasteiger partial charge on any atom is 0.167 e. The van der Waals surface area contributed by atoms with E-state index in [1.807, 2.05) is 48.0 Å². The highest BCUT2D eigenvalue weighted by atomic mass is 35.5. The van der Waals surface area contributed by atoms with Crippen LogP contribution in [0.5, 0.6) is 0 Å². The van der Waals surface area contributed by atoms with Crippen molar-refractivity contribution in [3.8, 4) is 21.3 Å². The smallest absolute Gasteiger partial charge is 0.167 e. The molecule has 7 nitrogen and oxygen atoms in total. The summed E-state index contributed by atoms with van der Waals surface area (Å²) in [7, 11) is 0. The molecule has 0 aliphatic heterocycles. The Bertz CT molecular complexity index is 1640. The van der Waals surface area contributed by atoms with Crippen molar-refractivity contribution < 1.29 is 0 Å². The summed E-state index contributed by atoms with van der Waals surface area (Å²) in [4.78, 5) is 10.5. The molecule has 0 saturated carbocycles. The molecule has 0 unspecified atom stereocenters. The predicted molar refractivity (Wildman–Crippen MR) is 148 cm³/mol. The number of rotatable bonds is 8. The van der Waals surface area contributed by atoms with Gasteiger partial charge in [-0.1, -0.05) is 54.1 Å². The van der Waals surface area contributed by atoms with Crippen LogP contribution in [-0.2, 0) is 19.5 Å². The topological polar surface area (TPSA) is 83.8 Å². The van der Waals surface area contributed by atoms with E-state index in [1.165, 1.54) is 17.5 Å². The third-order valence-electron chi connectivity index (χ3n) is 6.20. The summed E-state index contributed by atoms with van der Waals surface area (Å²) in [6, 6.07) is 22.6. The Balaban J connectivity index is 1.34. The first-order chi connectivity index (χ1) is 18.1. The van der Waals surface area contributed by atoms with Crippen LogP contribution >= 0.6 is 22.9 Å². The number of aromatic amines is 1. The third kappa shape index (κ3) is 5.04. The molecule has 6 aromatic rings. The highest BCUT2D eigenvalue weighted by molar-refractivity contribution is 7.18. The van der Waals surface area contributed by atoms with Gasteiger partial charge in [-0.2, -0.15) is 10.2 Å². The van der Waals surface area contributed by atoms with E-state index < -0.39 is 0 Å². The highest BCUT2D eigenvalue weighted by Crippen LogP contribution is 2.38. The van der Waals surface area contributed by atoms with E-state index in [0.717, 1.165) is 51.0 Å². The van der Waals surface area contributed by atoms with Gasteiger partial charge in [-0.3, -0.25) is 5.10 Å². The number of nitrogens with one attached hydrogen (secondary N) is 2. The molecule has 0 atom stereocenters. The third-order valence-corrected chi connectivity index (χ3v) is 7.58. The Labute approximate surface area is 223 Å². The summed E-state index contributed by atoms with van der Waals surface area (Å²) in [5, 5.41) is 17.0.